The molecule has 0 aliphatic carbocycles. The molecule has 4 nitrogen and oxygen atoms in total. The van der Waals surface area contributed by atoms with E-state index in [9.17, 15) is 9.59 Å². The third-order valence-corrected chi connectivity index (χ3v) is 1.70. The molecule has 1 rings (SSSR count). The van der Waals surface area contributed by atoms with Gasteiger partial charge in [0, 0.05) is 0 Å². The zero-order valence-electron chi connectivity index (χ0n) is 9.94. The molecule has 15 heavy (non-hydrogen) atoms. The zero-order chi connectivity index (χ0) is 10.6. The second kappa shape index (κ2) is 6.28. The van der Waals surface area contributed by atoms with Crippen molar-refractivity contribution in [2.24, 2.45) is 0 Å². The maximum Gasteiger partial charge on any atom is 1.00 e. The van der Waals surface area contributed by atoms with Crippen LogP contribution in [0.2, 0.25) is 0 Å². The summed E-state index contributed by atoms with van der Waals surface area (Å²) in [4.78, 5) is 22.2. The summed E-state index contributed by atoms with van der Waals surface area (Å²) in [6.45, 7) is 0. The molecule has 0 radical (unpaired) electrons. The Morgan fingerprint density at radius 2 is 1.47 bits per heavy atom. The van der Waals surface area contributed by atoms with Gasteiger partial charge in [-0.2, -0.15) is 0 Å². The van der Waals surface area contributed by atoms with Crippen molar-refractivity contribution in [2.75, 3.05) is 14.2 Å². The van der Waals surface area contributed by atoms with Crippen LogP contribution in [0.25, 0.3) is 0 Å². The van der Waals surface area contributed by atoms with Gasteiger partial charge in [0.2, 0.25) is 0 Å². The molecular weight excluding hydrogens is 191 g/mol. The normalized spacial score (nSPS) is 8.67. The largest absolute Gasteiger partial charge is 1.00 e. The van der Waals surface area contributed by atoms with E-state index in [-0.39, 0.29) is 20.3 Å². The molecule has 0 N–H and O–H groups in total. The van der Waals surface area contributed by atoms with Crippen LogP contribution in [0.4, 0.5) is 0 Å². The zero-order valence-corrected chi connectivity index (χ0v) is 8.94. The molecule has 0 atom stereocenters. The molecule has 1 aromatic rings. The van der Waals surface area contributed by atoms with Crippen LogP contribution in [0.5, 0.6) is 0 Å². The fourth-order valence-electron chi connectivity index (χ4n) is 1.01. The summed E-state index contributed by atoms with van der Waals surface area (Å²) in [6.07, 6.45) is 0. The quantitative estimate of drug-likeness (QED) is 0.427. The van der Waals surface area contributed by atoms with Gasteiger partial charge in [0.1, 0.15) is 0 Å². The Morgan fingerprint density at radius 1 is 1.07 bits per heavy atom. The first-order valence-electron chi connectivity index (χ1n) is 3.95. The van der Waals surface area contributed by atoms with Gasteiger partial charge in [-0.05, 0) is 18.2 Å². The van der Waals surface area contributed by atoms with E-state index in [1.54, 1.807) is 18.2 Å². The van der Waals surface area contributed by atoms with E-state index in [0.717, 1.165) is 0 Å². The summed E-state index contributed by atoms with van der Waals surface area (Å²) < 4.78 is 9.03. The number of carbonyl (C=O) groups excluding carboxylic acids is 2. The van der Waals surface area contributed by atoms with Gasteiger partial charge >= 0.3 is 30.8 Å². The molecule has 1 aromatic carbocycles. The topological polar surface area (TPSA) is 52.6 Å². The van der Waals surface area contributed by atoms with Crippen molar-refractivity contribution in [3.63, 3.8) is 0 Å². The Labute approximate surface area is 101 Å². The van der Waals surface area contributed by atoms with Gasteiger partial charge in [0.25, 0.3) is 0 Å². The summed E-state index contributed by atoms with van der Waals surface area (Å²) in [5, 5.41) is 0. The minimum absolute atomic E-state index is 0. The van der Waals surface area contributed by atoms with Crippen LogP contribution in [0.1, 0.15) is 22.1 Å². The molecule has 0 saturated carbocycles. The third-order valence-electron chi connectivity index (χ3n) is 1.70. The van der Waals surface area contributed by atoms with Crippen LogP contribution >= 0.6 is 0 Å². The first-order valence-corrected chi connectivity index (χ1v) is 3.95. The Hall–Kier alpha value is -1.24. The summed E-state index contributed by atoms with van der Waals surface area (Å²) in [7, 11) is 2.57. The van der Waals surface area contributed by atoms with E-state index >= 15 is 0 Å². The standard InChI is InChI=1S/C10H10O4.Li.H/c1-13-9(11)7-4-3-5-8(6-7)10(12)14-2;;/h3-6H,1-2H3;;/q;+1;-1. The second-order valence-electron chi connectivity index (χ2n) is 2.56. The fourth-order valence-corrected chi connectivity index (χ4v) is 1.01. The fraction of sp³-hybridized carbons (Fsp3) is 0.200. The molecular formula is C10H11LiO4. The van der Waals surface area contributed by atoms with Gasteiger partial charge in [-0.3, -0.25) is 0 Å². The second-order valence-corrected chi connectivity index (χ2v) is 2.56. The van der Waals surface area contributed by atoms with Crippen molar-refractivity contribution >= 4 is 11.9 Å². The Morgan fingerprint density at radius 3 is 1.80 bits per heavy atom. The summed E-state index contributed by atoms with van der Waals surface area (Å²) >= 11 is 0. The van der Waals surface area contributed by atoms with E-state index in [1.165, 1.54) is 20.3 Å². The van der Waals surface area contributed by atoms with Crippen LogP contribution in [-0.2, 0) is 9.47 Å². The van der Waals surface area contributed by atoms with E-state index in [1.807, 2.05) is 0 Å². The monoisotopic (exact) mass is 202 g/mol. The Kier molecular flexibility index (Phi) is 5.76. The predicted octanol–water partition coefficient (Wildman–Crippen LogP) is -1.62. The Balaban J connectivity index is 0. The van der Waals surface area contributed by atoms with Gasteiger partial charge in [0.15, 0.2) is 0 Å². The number of esters is 2. The molecule has 0 aliphatic rings. The minimum atomic E-state index is -0.476. The number of carbonyl (C=O) groups is 2. The van der Waals surface area contributed by atoms with Crippen molar-refractivity contribution in [1.29, 1.82) is 0 Å². The number of benzene rings is 1. The number of hydrogen-bond donors (Lipinski definition) is 0. The first kappa shape index (κ1) is 13.8. The van der Waals surface area contributed by atoms with Crippen LogP contribution in [0.3, 0.4) is 0 Å². The van der Waals surface area contributed by atoms with Crippen LogP contribution < -0.4 is 18.9 Å². The van der Waals surface area contributed by atoms with E-state index in [4.69, 9.17) is 0 Å². The van der Waals surface area contributed by atoms with E-state index in [0.29, 0.717) is 11.1 Å². The third kappa shape index (κ3) is 3.43. The van der Waals surface area contributed by atoms with E-state index in [2.05, 4.69) is 9.47 Å². The smallest absolute Gasteiger partial charge is 1.00 e. The van der Waals surface area contributed by atoms with E-state index < -0.39 is 11.9 Å². The molecule has 76 valence electrons. The number of methoxy groups -OCH3 is 2. The SMILES string of the molecule is COC(=O)c1cccc(C(=O)OC)c1.[H-].[Li+]. The molecule has 0 aliphatic heterocycles. The van der Waals surface area contributed by atoms with Crippen molar-refractivity contribution < 1.29 is 39.4 Å². The Bertz CT molecular complexity index is 336. The minimum Gasteiger partial charge on any atom is -1.00 e. The molecule has 0 aromatic heterocycles. The molecule has 0 heterocycles. The maximum absolute atomic E-state index is 11.1. The van der Waals surface area contributed by atoms with Crippen LogP contribution in [-0.4, -0.2) is 26.2 Å². The molecule has 0 unspecified atom stereocenters. The first-order chi connectivity index (χ1) is 6.69. The van der Waals surface area contributed by atoms with Crippen LogP contribution in [0, 0.1) is 0 Å². The summed E-state index contributed by atoms with van der Waals surface area (Å²) in [5.41, 5.74) is 0.658. The molecule has 0 spiro atoms. The van der Waals surface area contributed by atoms with Crippen molar-refractivity contribution in [2.45, 2.75) is 0 Å². The molecule has 0 bridgehead atoms. The molecule has 0 amide bonds. The molecule has 0 saturated heterocycles. The summed E-state index contributed by atoms with van der Waals surface area (Å²) in [5.74, 6) is -0.952. The van der Waals surface area contributed by atoms with Gasteiger partial charge in [-0.25, -0.2) is 9.59 Å². The van der Waals surface area contributed by atoms with Crippen LogP contribution in [0.15, 0.2) is 24.3 Å². The van der Waals surface area contributed by atoms with Crippen molar-refractivity contribution in [3.05, 3.63) is 35.4 Å². The number of rotatable bonds is 2. The number of hydrogen-bond acceptors (Lipinski definition) is 4. The number of ether oxygens (including phenoxy) is 2. The average Bonchev–Trinajstić information content (AvgIpc) is 2.27. The van der Waals surface area contributed by atoms with Gasteiger partial charge in [-0.15, -0.1) is 0 Å². The molecule has 5 heteroatoms. The van der Waals surface area contributed by atoms with Crippen molar-refractivity contribution in [3.8, 4) is 0 Å². The van der Waals surface area contributed by atoms with Gasteiger partial charge < -0.3 is 10.9 Å². The predicted molar refractivity (Wildman–Crippen MR) is 50.2 cm³/mol. The van der Waals surface area contributed by atoms with Gasteiger partial charge in [-0.1, -0.05) is 6.07 Å². The summed E-state index contributed by atoms with van der Waals surface area (Å²) in [6, 6.07) is 6.16. The van der Waals surface area contributed by atoms with Crippen molar-refractivity contribution in [1.82, 2.24) is 0 Å². The molecule has 0 fully saturated rings. The van der Waals surface area contributed by atoms with Gasteiger partial charge in [0.05, 0.1) is 25.3 Å². The average molecular weight is 202 g/mol. The maximum atomic E-state index is 11.1.